The molecule has 0 heterocycles. The zero-order chi connectivity index (χ0) is 14.5. The number of ketones is 1. The minimum Gasteiger partial charge on any atom is -0.444 e. The summed E-state index contributed by atoms with van der Waals surface area (Å²) in [5.41, 5.74) is 0.0171. The highest BCUT2D eigenvalue weighted by Crippen LogP contribution is 2.09. The van der Waals surface area contributed by atoms with Crippen molar-refractivity contribution < 1.29 is 14.3 Å². The van der Waals surface area contributed by atoms with Gasteiger partial charge in [-0.1, -0.05) is 37.3 Å². The molecule has 1 aromatic rings. The number of rotatable bonds is 4. The second-order valence-electron chi connectivity index (χ2n) is 5.34. The number of carbonyl (C=O) groups excluding carboxylic acids is 2. The van der Waals surface area contributed by atoms with Crippen molar-refractivity contribution in [3.05, 3.63) is 35.9 Å². The van der Waals surface area contributed by atoms with Gasteiger partial charge >= 0.3 is 6.09 Å². The van der Waals surface area contributed by atoms with Crippen molar-refractivity contribution in [2.75, 3.05) is 0 Å². The van der Waals surface area contributed by atoms with E-state index in [4.69, 9.17) is 4.74 Å². The predicted octanol–water partition coefficient (Wildman–Crippen LogP) is 3.17. The molecule has 0 radical (unpaired) electrons. The van der Waals surface area contributed by atoms with Gasteiger partial charge in [0.15, 0.2) is 5.78 Å². The van der Waals surface area contributed by atoms with Crippen LogP contribution in [0.3, 0.4) is 0 Å². The molecule has 0 spiro atoms. The molecule has 1 unspecified atom stereocenters. The second-order valence-corrected chi connectivity index (χ2v) is 5.34. The van der Waals surface area contributed by atoms with E-state index in [1.165, 1.54) is 0 Å². The van der Waals surface area contributed by atoms with Gasteiger partial charge in [0.1, 0.15) is 5.60 Å². The van der Waals surface area contributed by atoms with Crippen LogP contribution in [0.4, 0.5) is 4.79 Å². The number of hydrogen-bond donors (Lipinski definition) is 1. The number of amides is 1. The molecule has 1 aromatic carbocycles. The molecule has 1 amide bonds. The summed E-state index contributed by atoms with van der Waals surface area (Å²) in [6, 6.07) is 8.36. The first-order chi connectivity index (χ1) is 8.83. The van der Waals surface area contributed by atoms with Crippen LogP contribution in [0.1, 0.15) is 44.5 Å². The summed E-state index contributed by atoms with van der Waals surface area (Å²) in [5, 5.41) is 2.61. The van der Waals surface area contributed by atoms with Crippen LogP contribution in [0.25, 0.3) is 0 Å². The predicted molar refractivity (Wildman–Crippen MR) is 74.2 cm³/mol. The first-order valence-electron chi connectivity index (χ1n) is 6.42. The molecule has 0 saturated carbocycles. The molecule has 0 saturated heterocycles. The third-order valence-electron chi connectivity index (χ3n) is 2.47. The molecule has 0 aromatic heterocycles. The third kappa shape index (κ3) is 5.12. The highest BCUT2D eigenvalue weighted by molar-refractivity contribution is 6.01. The largest absolute Gasteiger partial charge is 0.444 e. The first-order valence-corrected chi connectivity index (χ1v) is 6.42. The lowest BCUT2D eigenvalue weighted by Gasteiger charge is -2.22. The van der Waals surface area contributed by atoms with Gasteiger partial charge in [0.05, 0.1) is 6.04 Å². The summed E-state index contributed by atoms with van der Waals surface area (Å²) in [7, 11) is 0. The number of nitrogens with one attached hydrogen (secondary N) is 1. The molecule has 1 N–H and O–H groups in total. The maximum Gasteiger partial charge on any atom is 0.408 e. The van der Waals surface area contributed by atoms with Crippen LogP contribution >= 0.6 is 0 Å². The molecule has 0 aliphatic heterocycles. The smallest absolute Gasteiger partial charge is 0.408 e. The van der Waals surface area contributed by atoms with E-state index < -0.39 is 17.7 Å². The zero-order valence-electron chi connectivity index (χ0n) is 11.9. The Hall–Kier alpha value is -1.84. The molecule has 0 fully saturated rings. The standard InChI is InChI=1S/C15H21NO3/c1-5-12(16-14(18)19-15(2,3)4)13(17)11-9-7-6-8-10-11/h6-10,12H,5H2,1-4H3,(H,16,18). The van der Waals surface area contributed by atoms with E-state index in [2.05, 4.69) is 5.32 Å². The molecule has 1 rings (SSSR count). The van der Waals surface area contributed by atoms with Crippen LogP contribution in [0.15, 0.2) is 30.3 Å². The maximum atomic E-state index is 12.2. The van der Waals surface area contributed by atoms with Gasteiger partial charge in [0, 0.05) is 5.56 Å². The summed E-state index contributed by atoms with van der Waals surface area (Å²) >= 11 is 0. The SMILES string of the molecule is CCC(NC(=O)OC(C)(C)C)C(=O)c1ccccc1. The van der Waals surface area contributed by atoms with E-state index in [1.807, 2.05) is 13.0 Å². The van der Waals surface area contributed by atoms with Crippen LogP contribution in [0.5, 0.6) is 0 Å². The van der Waals surface area contributed by atoms with Crippen molar-refractivity contribution >= 4 is 11.9 Å². The van der Waals surface area contributed by atoms with Gasteiger partial charge in [-0.2, -0.15) is 0 Å². The van der Waals surface area contributed by atoms with E-state index in [-0.39, 0.29) is 5.78 Å². The number of carbonyl (C=O) groups is 2. The topological polar surface area (TPSA) is 55.4 Å². The van der Waals surface area contributed by atoms with Crippen molar-refractivity contribution in [3.63, 3.8) is 0 Å². The number of Topliss-reactive ketones (excluding diaryl/α,β-unsaturated/α-hetero) is 1. The Morgan fingerprint density at radius 2 is 1.79 bits per heavy atom. The second kappa shape index (κ2) is 6.36. The Morgan fingerprint density at radius 1 is 1.21 bits per heavy atom. The lowest BCUT2D eigenvalue weighted by Crippen LogP contribution is -2.43. The molecular formula is C15H21NO3. The van der Waals surface area contributed by atoms with E-state index in [9.17, 15) is 9.59 Å². The number of hydrogen-bond acceptors (Lipinski definition) is 3. The average Bonchev–Trinajstić information content (AvgIpc) is 2.34. The van der Waals surface area contributed by atoms with Crippen LogP contribution in [0.2, 0.25) is 0 Å². The molecular weight excluding hydrogens is 242 g/mol. The van der Waals surface area contributed by atoms with Crippen molar-refractivity contribution in [1.82, 2.24) is 5.32 Å². The first kappa shape index (κ1) is 15.2. The van der Waals surface area contributed by atoms with Gasteiger partial charge in [-0.15, -0.1) is 0 Å². The molecule has 1 atom stereocenters. The van der Waals surface area contributed by atoms with Crippen molar-refractivity contribution in [2.24, 2.45) is 0 Å². The Balaban J connectivity index is 2.69. The van der Waals surface area contributed by atoms with Crippen molar-refractivity contribution in [3.8, 4) is 0 Å². The van der Waals surface area contributed by atoms with E-state index in [0.717, 1.165) is 0 Å². The summed E-state index contributed by atoms with van der Waals surface area (Å²) < 4.78 is 5.15. The normalized spacial score (nSPS) is 12.6. The summed E-state index contributed by atoms with van der Waals surface area (Å²) in [6.45, 7) is 7.20. The van der Waals surface area contributed by atoms with Crippen molar-refractivity contribution in [2.45, 2.75) is 45.8 Å². The van der Waals surface area contributed by atoms with Gasteiger partial charge in [0.2, 0.25) is 0 Å². The van der Waals surface area contributed by atoms with E-state index >= 15 is 0 Å². The number of benzene rings is 1. The zero-order valence-corrected chi connectivity index (χ0v) is 11.9. The molecule has 4 nitrogen and oxygen atoms in total. The van der Waals surface area contributed by atoms with Gasteiger partial charge in [-0.3, -0.25) is 4.79 Å². The Labute approximate surface area is 114 Å². The van der Waals surface area contributed by atoms with Crippen LogP contribution in [-0.2, 0) is 4.74 Å². The molecule has 0 aliphatic carbocycles. The fourth-order valence-electron chi connectivity index (χ4n) is 1.61. The maximum absolute atomic E-state index is 12.2. The molecule has 19 heavy (non-hydrogen) atoms. The fourth-order valence-corrected chi connectivity index (χ4v) is 1.61. The molecule has 4 heteroatoms. The highest BCUT2D eigenvalue weighted by Gasteiger charge is 2.23. The Morgan fingerprint density at radius 3 is 2.26 bits per heavy atom. The lowest BCUT2D eigenvalue weighted by atomic mass is 10.0. The van der Waals surface area contributed by atoms with Gasteiger partial charge in [0.25, 0.3) is 0 Å². The van der Waals surface area contributed by atoms with Crippen LogP contribution in [0, 0.1) is 0 Å². The molecule has 104 valence electrons. The van der Waals surface area contributed by atoms with Gasteiger partial charge in [-0.25, -0.2) is 4.79 Å². The minimum atomic E-state index is -0.571. The summed E-state index contributed by atoms with van der Waals surface area (Å²) in [5.74, 6) is -0.103. The average molecular weight is 263 g/mol. The van der Waals surface area contributed by atoms with Gasteiger partial charge < -0.3 is 10.1 Å². The highest BCUT2D eigenvalue weighted by atomic mass is 16.6. The van der Waals surface area contributed by atoms with Gasteiger partial charge in [-0.05, 0) is 27.2 Å². The quantitative estimate of drug-likeness (QED) is 0.849. The fraction of sp³-hybridized carbons (Fsp3) is 0.467. The molecule has 0 bridgehead atoms. The summed E-state index contributed by atoms with van der Waals surface area (Å²) in [6.07, 6.45) is -0.0453. The third-order valence-corrected chi connectivity index (χ3v) is 2.47. The van der Waals surface area contributed by atoms with Crippen molar-refractivity contribution in [1.29, 1.82) is 0 Å². The van der Waals surface area contributed by atoms with E-state index in [1.54, 1.807) is 45.0 Å². The van der Waals surface area contributed by atoms with E-state index in [0.29, 0.717) is 12.0 Å². The lowest BCUT2D eigenvalue weighted by molar-refractivity contribution is 0.0490. The molecule has 0 aliphatic rings. The Kier molecular flexibility index (Phi) is 5.10. The van der Waals surface area contributed by atoms with Crippen LogP contribution in [-0.4, -0.2) is 23.5 Å². The number of alkyl carbamates (subject to hydrolysis) is 1. The Bertz CT molecular complexity index is 434. The minimum absolute atomic E-state index is 0.103. The van der Waals surface area contributed by atoms with Crippen LogP contribution < -0.4 is 5.32 Å². The monoisotopic (exact) mass is 263 g/mol. The summed E-state index contributed by atoms with van der Waals surface area (Å²) in [4.78, 5) is 23.9. The number of ether oxygens (including phenoxy) is 1.